The molecule has 1 aromatic carbocycles. The van der Waals surface area contributed by atoms with Gasteiger partial charge in [-0.3, -0.25) is 4.79 Å². The van der Waals surface area contributed by atoms with Crippen molar-refractivity contribution in [2.75, 3.05) is 7.05 Å². The summed E-state index contributed by atoms with van der Waals surface area (Å²) in [5, 5.41) is 19.0. The number of benzene rings is 1. The molecule has 2 heterocycles. The highest BCUT2D eigenvalue weighted by Crippen LogP contribution is 2.26. The first-order valence-corrected chi connectivity index (χ1v) is 7.64. The van der Waals surface area contributed by atoms with Crippen molar-refractivity contribution in [1.29, 1.82) is 10.5 Å². The maximum atomic E-state index is 12.6. The summed E-state index contributed by atoms with van der Waals surface area (Å²) >= 11 is 0. The molecule has 1 atom stereocenters. The molecule has 1 amide bonds. The third-order valence-corrected chi connectivity index (χ3v) is 4.19. The topological polar surface area (TPSA) is 98.8 Å². The van der Waals surface area contributed by atoms with Crippen LogP contribution in [0.1, 0.15) is 30.1 Å². The Labute approximate surface area is 144 Å². The van der Waals surface area contributed by atoms with E-state index in [-0.39, 0.29) is 29.9 Å². The molecule has 0 bridgehead atoms. The zero-order valence-corrected chi connectivity index (χ0v) is 13.8. The maximum absolute atomic E-state index is 12.6. The number of para-hydroxylation sites is 1. The van der Waals surface area contributed by atoms with Gasteiger partial charge in [-0.15, -0.1) is 0 Å². The van der Waals surface area contributed by atoms with E-state index in [9.17, 15) is 4.79 Å². The van der Waals surface area contributed by atoms with E-state index in [1.807, 2.05) is 49.4 Å². The van der Waals surface area contributed by atoms with Crippen molar-refractivity contribution in [3.63, 3.8) is 0 Å². The van der Waals surface area contributed by atoms with Crippen molar-refractivity contribution in [3.05, 3.63) is 53.8 Å². The Kier molecular flexibility index (Phi) is 4.23. The van der Waals surface area contributed by atoms with Crippen LogP contribution in [0.3, 0.4) is 0 Å². The Hall–Kier alpha value is -3.58. The van der Waals surface area contributed by atoms with Crippen LogP contribution in [0.15, 0.2) is 41.1 Å². The van der Waals surface area contributed by atoms with E-state index in [2.05, 4.69) is 4.98 Å². The van der Waals surface area contributed by atoms with Gasteiger partial charge in [-0.05, 0) is 19.1 Å². The summed E-state index contributed by atoms with van der Waals surface area (Å²) in [6.45, 7) is 1.80. The number of nitrogens with zero attached hydrogens (tertiary/aromatic N) is 5. The van der Waals surface area contributed by atoms with Gasteiger partial charge in [0.1, 0.15) is 30.0 Å². The lowest BCUT2D eigenvalue weighted by Gasteiger charge is -2.23. The van der Waals surface area contributed by atoms with Crippen LogP contribution in [-0.4, -0.2) is 27.4 Å². The molecular weight excluding hydrogens is 318 g/mol. The van der Waals surface area contributed by atoms with E-state index < -0.39 is 0 Å². The van der Waals surface area contributed by atoms with Gasteiger partial charge in [-0.25, -0.2) is 4.98 Å². The molecule has 3 aromatic rings. The number of carbonyl (C=O) groups excluding carboxylic acids is 1. The van der Waals surface area contributed by atoms with Crippen molar-refractivity contribution in [1.82, 2.24) is 14.5 Å². The van der Waals surface area contributed by atoms with Crippen LogP contribution in [0.4, 0.5) is 0 Å². The van der Waals surface area contributed by atoms with Crippen molar-refractivity contribution < 1.29 is 9.21 Å². The molecule has 25 heavy (non-hydrogen) atoms. The highest BCUT2D eigenvalue weighted by atomic mass is 16.3. The van der Waals surface area contributed by atoms with Crippen LogP contribution in [0, 0.1) is 22.7 Å². The van der Waals surface area contributed by atoms with E-state index >= 15 is 0 Å². The number of hydrogen-bond donors (Lipinski definition) is 0. The zero-order valence-electron chi connectivity index (χ0n) is 13.8. The van der Waals surface area contributed by atoms with Gasteiger partial charge < -0.3 is 13.9 Å². The quantitative estimate of drug-likeness (QED) is 0.730. The van der Waals surface area contributed by atoms with Crippen LogP contribution in [0.25, 0.3) is 11.0 Å². The average Bonchev–Trinajstić information content (AvgIpc) is 3.23. The second-order valence-corrected chi connectivity index (χ2v) is 5.66. The van der Waals surface area contributed by atoms with E-state index in [0.29, 0.717) is 5.76 Å². The van der Waals surface area contributed by atoms with Crippen LogP contribution in [-0.2, 0) is 11.3 Å². The van der Waals surface area contributed by atoms with Gasteiger partial charge in [-0.1, -0.05) is 18.2 Å². The van der Waals surface area contributed by atoms with E-state index in [1.54, 1.807) is 11.9 Å². The van der Waals surface area contributed by atoms with Crippen LogP contribution in [0.5, 0.6) is 0 Å². The third-order valence-electron chi connectivity index (χ3n) is 4.19. The molecule has 1 unspecified atom stereocenters. The van der Waals surface area contributed by atoms with Crippen molar-refractivity contribution >= 4 is 16.9 Å². The Bertz CT molecular complexity index is 985. The minimum atomic E-state index is -0.274. The van der Waals surface area contributed by atoms with Crippen molar-refractivity contribution in [3.8, 4) is 12.1 Å². The highest BCUT2D eigenvalue weighted by molar-refractivity contribution is 5.79. The van der Waals surface area contributed by atoms with E-state index in [1.165, 1.54) is 10.9 Å². The zero-order chi connectivity index (χ0) is 18.0. The fourth-order valence-electron chi connectivity index (χ4n) is 2.57. The number of aromatic nitrogens is 2. The number of rotatable bonds is 4. The predicted octanol–water partition coefficient (Wildman–Crippen LogP) is 2.59. The Morgan fingerprint density at radius 2 is 2.12 bits per heavy atom. The van der Waals surface area contributed by atoms with Gasteiger partial charge in [0, 0.05) is 12.4 Å². The number of nitriles is 2. The van der Waals surface area contributed by atoms with Gasteiger partial charge in [0.05, 0.1) is 12.4 Å². The lowest BCUT2D eigenvalue weighted by atomic mass is 10.2. The molecule has 0 N–H and O–H groups in total. The fourth-order valence-corrected chi connectivity index (χ4v) is 2.57. The lowest BCUT2D eigenvalue weighted by Crippen LogP contribution is -2.32. The Balaban J connectivity index is 1.79. The minimum Gasteiger partial charge on any atom is -0.459 e. The molecule has 2 aromatic heterocycles. The molecule has 0 spiro atoms. The first kappa shape index (κ1) is 16.3. The molecule has 0 saturated heterocycles. The molecule has 0 radical (unpaired) electrons. The summed E-state index contributed by atoms with van der Waals surface area (Å²) in [4.78, 5) is 17.9. The van der Waals surface area contributed by atoms with Gasteiger partial charge in [0.25, 0.3) is 0 Å². The molecule has 3 rings (SSSR count). The summed E-state index contributed by atoms with van der Waals surface area (Å²) < 4.78 is 7.19. The number of furan rings is 1. The molecule has 0 saturated carbocycles. The van der Waals surface area contributed by atoms with E-state index in [0.717, 1.165) is 11.0 Å². The minimum absolute atomic E-state index is 0.0169. The molecule has 0 aliphatic heterocycles. The molecule has 124 valence electrons. The summed E-state index contributed by atoms with van der Waals surface area (Å²) in [6.07, 6.45) is 1.33. The van der Waals surface area contributed by atoms with Crippen molar-refractivity contribution in [2.24, 2.45) is 0 Å². The number of carbonyl (C=O) groups is 1. The third kappa shape index (κ3) is 2.96. The predicted molar refractivity (Wildman–Crippen MR) is 89.1 cm³/mol. The molecule has 0 aliphatic rings. The monoisotopic (exact) mass is 333 g/mol. The van der Waals surface area contributed by atoms with Gasteiger partial charge in [0.2, 0.25) is 5.91 Å². The van der Waals surface area contributed by atoms with Gasteiger partial charge >= 0.3 is 0 Å². The van der Waals surface area contributed by atoms with Crippen LogP contribution >= 0.6 is 0 Å². The fraction of sp³-hybridized carbons (Fsp3) is 0.222. The first-order chi connectivity index (χ1) is 12.0. The first-order valence-electron chi connectivity index (χ1n) is 7.64. The largest absolute Gasteiger partial charge is 0.459 e. The summed E-state index contributed by atoms with van der Waals surface area (Å²) in [7, 11) is 1.67. The maximum Gasteiger partial charge on any atom is 0.242 e. The molecule has 7 nitrogen and oxygen atoms in total. The number of likely N-dealkylation sites (N-methyl/N-ethyl adjacent to an activating group) is 1. The second kappa shape index (κ2) is 6.50. The lowest BCUT2D eigenvalue weighted by molar-refractivity contribution is -0.132. The summed E-state index contributed by atoms with van der Waals surface area (Å²) in [5.41, 5.74) is 0.870. The number of fused-ring (bicyclic) bond motifs is 1. The molecule has 7 heteroatoms. The smallest absolute Gasteiger partial charge is 0.242 e. The average molecular weight is 333 g/mol. The van der Waals surface area contributed by atoms with Crippen LogP contribution in [0.2, 0.25) is 0 Å². The van der Waals surface area contributed by atoms with Crippen molar-refractivity contribution in [2.45, 2.75) is 19.5 Å². The molecule has 0 aliphatic carbocycles. The van der Waals surface area contributed by atoms with Crippen LogP contribution < -0.4 is 0 Å². The SMILES string of the molecule is CC(c1cc2ccccc2o1)N(C)C(=O)Cn1cnc(C#N)c1C#N. The van der Waals surface area contributed by atoms with E-state index in [4.69, 9.17) is 14.9 Å². The van der Waals surface area contributed by atoms with Gasteiger partial charge in [0.15, 0.2) is 11.4 Å². The highest BCUT2D eigenvalue weighted by Gasteiger charge is 2.22. The number of amides is 1. The number of imidazole rings is 1. The number of hydrogen-bond acceptors (Lipinski definition) is 5. The summed E-state index contributed by atoms with van der Waals surface area (Å²) in [5.74, 6) is 0.465. The second-order valence-electron chi connectivity index (χ2n) is 5.66. The molecular formula is C18H15N5O2. The standard InChI is InChI=1S/C18H15N5O2/c1-12(17-7-13-5-3-4-6-16(13)25-17)22(2)18(24)10-23-11-21-14(8-19)15(23)9-20/h3-7,11-12H,10H2,1-2H3. The Morgan fingerprint density at radius 3 is 2.80 bits per heavy atom. The molecule has 0 fully saturated rings. The normalized spacial score (nSPS) is 11.7. The van der Waals surface area contributed by atoms with Gasteiger partial charge in [-0.2, -0.15) is 10.5 Å². The Morgan fingerprint density at radius 1 is 1.36 bits per heavy atom. The summed E-state index contributed by atoms with van der Waals surface area (Å²) in [6, 6.07) is 13.0.